The summed E-state index contributed by atoms with van der Waals surface area (Å²) < 4.78 is 0. The van der Waals surface area contributed by atoms with E-state index in [0.717, 1.165) is 12.4 Å². The molecule has 1 aliphatic rings. The van der Waals surface area contributed by atoms with Crippen molar-refractivity contribution >= 4 is 12.2 Å². The molecule has 0 aliphatic heterocycles. The second kappa shape index (κ2) is 22.5. The van der Waals surface area contributed by atoms with Gasteiger partial charge in [0.25, 0.3) is 0 Å². The van der Waals surface area contributed by atoms with Gasteiger partial charge in [-0.05, 0) is 0 Å². The van der Waals surface area contributed by atoms with Crippen LogP contribution in [0.3, 0.4) is 0 Å². The Morgan fingerprint density at radius 1 is 1.67 bits per heavy atom. The summed E-state index contributed by atoms with van der Waals surface area (Å²) in [5.74, 6) is 1.00. The predicted octanol–water partition coefficient (Wildman–Crippen LogP) is 1.23. The zero-order valence-electron chi connectivity index (χ0n) is 6.71. The van der Waals surface area contributed by atoms with Crippen LogP contribution < -0.4 is 0 Å². The van der Waals surface area contributed by atoms with E-state index in [4.69, 9.17) is 9.59 Å². The number of hydrogen-bond donors (Lipinski definition) is 0. The third-order valence-electron chi connectivity index (χ3n) is 0.586. The summed E-state index contributed by atoms with van der Waals surface area (Å²) >= 11 is 0. The molecule has 0 radical (unpaired) electrons. The fourth-order valence-electron chi connectivity index (χ4n) is 0.340. The second-order valence-electron chi connectivity index (χ2n) is 1.33. The van der Waals surface area contributed by atoms with Crippen LogP contribution in [-0.2, 0) is 26.7 Å². The van der Waals surface area contributed by atoms with Crippen molar-refractivity contribution < 1.29 is 26.7 Å². The fraction of sp³-hybridized carbons (Fsp3) is 0.222. The molecule has 0 atom stereocenters. The summed E-state index contributed by atoms with van der Waals surface area (Å²) in [6.45, 7) is 5.36. The van der Waals surface area contributed by atoms with Crippen LogP contribution in [0, 0.1) is 12.7 Å². The van der Waals surface area contributed by atoms with Crippen LogP contribution in [-0.4, -0.2) is 12.2 Å². The van der Waals surface area contributed by atoms with E-state index in [1.54, 1.807) is 0 Å². The third-order valence-corrected chi connectivity index (χ3v) is 0.586. The predicted molar refractivity (Wildman–Crippen MR) is 42.9 cm³/mol. The molecule has 0 aromatic rings. The minimum atomic E-state index is 0. The van der Waals surface area contributed by atoms with Crippen LogP contribution in [0.4, 0.5) is 0 Å². The number of carbonyl (C=O) groups excluding carboxylic acids is 2. The van der Waals surface area contributed by atoms with Crippen LogP contribution in [0.2, 0.25) is 0 Å². The van der Waals surface area contributed by atoms with Gasteiger partial charge in [0.1, 0.15) is 0 Å². The molecule has 0 aromatic carbocycles. The van der Waals surface area contributed by atoms with E-state index in [1.165, 1.54) is 13.2 Å². The third kappa shape index (κ3) is 35.4. The molecular formula is C9H9MnO2. The van der Waals surface area contributed by atoms with Crippen molar-refractivity contribution in [1.82, 2.24) is 0 Å². The zero-order valence-corrected chi connectivity index (χ0v) is 7.89. The average molecular weight is 204 g/mol. The Morgan fingerprint density at radius 2 is 2.08 bits per heavy atom. The van der Waals surface area contributed by atoms with E-state index >= 15 is 0 Å². The van der Waals surface area contributed by atoms with E-state index < -0.39 is 0 Å². The van der Waals surface area contributed by atoms with E-state index in [2.05, 4.69) is 18.7 Å². The average Bonchev–Trinajstić information content (AvgIpc) is 2.44. The molecule has 0 bridgehead atoms. The summed E-state index contributed by atoms with van der Waals surface area (Å²) in [5.41, 5.74) is 0. The molecule has 1 rings (SSSR count). The minimum absolute atomic E-state index is 0. The molecule has 0 amide bonds. The molecular weight excluding hydrogens is 195 g/mol. The minimum Gasteiger partial charge on any atom is -0.542 e. The van der Waals surface area contributed by atoms with Crippen molar-refractivity contribution in [3.05, 3.63) is 30.9 Å². The van der Waals surface area contributed by atoms with E-state index in [9.17, 15) is 0 Å². The Morgan fingerprint density at radius 3 is 2.17 bits per heavy atom. The van der Waals surface area contributed by atoms with E-state index in [-0.39, 0.29) is 17.1 Å². The van der Waals surface area contributed by atoms with Crippen molar-refractivity contribution in [2.24, 2.45) is 0 Å². The van der Waals surface area contributed by atoms with Crippen LogP contribution in [0.5, 0.6) is 0 Å². The molecule has 0 fully saturated rings. The summed E-state index contributed by atoms with van der Waals surface area (Å²) in [6, 6.07) is 0. The molecule has 64 valence electrons. The van der Waals surface area contributed by atoms with Crippen molar-refractivity contribution in [3.63, 3.8) is 0 Å². The molecule has 0 N–H and O–H groups in total. The molecule has 12 heavy (non-hydrogen) atoms. The maximum absolute atomic E-state index is 8.68. The molecule has 0 saturated heterocycles. The Balaban J connectivity index is -0.000000104. The SMILES string of the molecule is C[C-]=O.[C-]1=CC=CC1.[CH-]=C=O.[Mn+3]. The van der Waals surface area contributed by atoms with Crippen LogP contribution in [0.25, 0.3) is 0 Å². The molecule has 0 spiro atoms. The van der Waals surface area contributed by atoms with Gasteiger partial charge in [0, 0.05) is 0 Å². The summed E-state index contributed by atoms with van der Waals surface area (Å²) in [4.78, 5) is 17.1. The first-order valence-corrected chi connectivity index (χ1v) is 2.91. The molecule has 3 heteroatoms. The molecule has 0 unspecified atom stereocenters. The molecule has 0 aromatic heterocycles. The Labute approximate surface area is 83.5 Å². The van der Waals surface area contributed by atoms with Gasteiger partial charge < -0.3 is 11.4 Å². The summed E-state index contributed by atoms with van der Waals surface area (Å²) in [5, 5.41) is 0. The van der Waals surface area contributed by atoms with Crippen molar-refractivity contribution in [2.75, 3.05) is 0 Å². The number of hydrogen-bond acceptors (Lipinski definition) is 2. The molecule has 0 saturated carbocycles. The van der Waals surface area contributed by atoms with Gasteiger partial charge in [-0.25, -0.2) is 12.2 Å². The van der Waals surface area contributed by atoms with Crippen molar-refractivity contribution in [1.29, 1.82) is 0 Å². The van der Waals surface area contributed by atoms with Crippen molar-refractivity contribution in [2.45, 2.75) is 13.3 Å². The van der Waals surface area contributed by atoms with Gasteiger partial charge in [0.2, 0.25) is 0 Å². The second-order valence-corrected chi connectivity index (χ2v) is 1.33. The van der Waals surface area contributed by atoms with Crippen molar-refractivity contribution in [3.8, 4) is 0 Å². The Bertz CT molecular complexity index is 155. The van der Waals surface area contributed by atoms with E-state index in [1.807, 2.05) is 12.2 Å². The number of rotatable bonds is 0. The number of allylic oxidation sites excluding steroid dienone is 4. The van der Waals surface area contributed by atoms with Gasteiger partial charge >= 0.3 is 17.1 Å². The van der Waals surface area contributed by atoms with Gasteiger partial charge in [0.15, 0.2) is 0 Å². The van der Waals surface area contributed by atoms with Gasteiger partial charge in [0.05, 0.1) is 0 Å². The van der Waals surface area contributed by atoms with Crippen LogP contribution in [0.1, 0.15) is 13.3 Å². The normalized spacial score (nSPS) is 9.08. The van der Waals surface area contributed by atoms with Crippen LogP contribution in [0.15, 0.2) is 18.2 Å². The van der Waals surface area contributed by atoms with Crippen LogP contribution >= 0.6 is 0 Å². The summed E-state index contributed by atoms with van der Waals surface area (Å²) in [6.07, 6.45) is 11.5. The Kier molecular flexibility index (Phi) is 32.3. The maximum Gasteiger partial charge on any atom is 3.00 e. The smallest absolute Gasteiger partial charge is 0.542 e. The van der Waals surface area contributed by atoms with Gasteiger partial charge in [-0.1, -0.05) is 5.94 Å². The fourth-order valence-corrected chi connectivity index (χ4v) is 0.340. The van der Waals surface area contributed by atoms with E-state index in [0.29, 0.717) is 0 Å². The molecule has 1 aliphatic carbocycles. The largest absolute Gasteiger partial charge is 3.00 e. The first kappa shape index (κ1) is 17.3. The standard InChI is InChI=1S/C5H5.C2H3O.C2HO.Mn/c1-2-4-5-3-1;2*1-2-3;/h1-3H,4H2;1H3;1H;/q3*-1;+3. The van der Waals surface area contributed by atoms with Gasteiger partial charge in [-0.2, -0.15) is 13.0 Å². The molecule has 2 nitrogen and oxygen atoms in total. The summed E-state index contributed by atoms with van der Waals surface area (Å²) in [7, 11) is 0. The zero-order chi connectivity index (χ0) is 8.95. The van der Waals surface area contributed by atoms with Gasteiger partial charge in [-0.15, -0.1) is 6.42 Å². The first-order valence-electron chi connectivity index (χ1n) is 2.91. The molecule has 0 heterocycles. The topological polar surface area (TPSA) is 34.1 Å². The van der Waals surface area contributed by atoms with Gasteiger partial charge in [-0.3, -0.25) is 17.2 Å². The maximum atomic E-state index is 8.68. The monoisotopic (exact) mass is 204 g/mol. The first-order chi connectivity index (χ1) is 5.33. The Hall–Kier alpha value is -0.881. The quantitative estimate of drug-likeness (QED) is 0.338.